The van der Waals surface area contributed by atoms with Crippen LogP contribution in [0.25, 0.3) is 0 Å². The maximum absolute atomic E-state index is 12.3. The Morgan fingerprint density at radius 1 is 1.39 bits per heavy atom. The number of hydrogen-bond acceptors (Lipinski definition) is 3. The van der Waals surface area contributed by atoms with Crippen molar-refractivity contribution < 1.29 is 9.53 Å². The predicted molar refractivity (Wildman–Crippen MR) is 69.2 cm³/mol. The highest BCUT2D eigenvalue weighted by Crippen LogP contribution is 2.58. The van der Waals surface area contributed by atoms with Gasteiger partial charge in [-0.1, -0.05) is 0 Å². The molecule has 18 heavy (non-hydrogen) atoms. The van der Waals surface area contributed by atoms with Gasteiger partial charge in [0.1, 0.15) is 0 Å². The van der Waals surface area contributed by atoms with Crippen molar-refractivity contribution >= 4 is 5.91 Å². The Balaban J connectivity index is 1.50. The summed E-state index contributed by atoms with van der Waals surface area (Å²) >= 11 is 0. The summed E-state index contributed by atoms with van der Waals surface area (Å²) in [7, 11) is 0. The first-order valence-corrected chi connectivity index (χ1v) is 7.32. The summed E-state index contributed by atoms with van der Waals surface area (Å²) in [6.07, 6.45) is 5.69. The van der Waals surface area contributed by atoms with Crippen LogP contribution < -0.4 is 10.6 Å². The maximum Gasteiger partial charge on any atom is 0.223 e. The SMILES string of the molecule is CC1CC(NC(=O)C2CC23CCNCC3)CCO1. The van der Waals surface area contributed by atoms with Crippen LogP contribution in [-0.4, -0.2) is 37.7 Å². The minimum absolute atomic E-state index is 0.288. The Morgan fingerprint density at radius 2 is 2.17 bits per heavy atom. The van der Waals surface area contributed by atoms with Gasteiger partial charge in [-0.2, -0.15) is 0 Å². The molecule has 3 aliphatic rings. The van der Waals surface area contributed by atoms with Crippen LogP contribution >= 0.6 is 0 Å². The summed E-state index contributed by atoms with van der Waals surface area (Å²) in [4.78, 5) is 12.3. The molecular formula is C14H24N2O2. The number of nitrogens with one attached hydrogen (secondary N) is 2. The van der Waals surface area contributed by atoms with E-state index in [2.05, 4.69) is 17.6 Å². The van der Waals surface area contributed by atoms with Gasteiger partial charge in [0.05, 0.1) is 6.10 Å². The monoisotopic (exact) mass is 252 g/mol. The molecule has 1 saturated carbocycles. The van der Waals surface area contributed by atoms with Crippen molar-refractivity contribution in [1.82, 2.24) is 10.6 Å². The van der Waals surface area contributed by atoms with Crippen LogP contribution in [0.3, 0.4) is 0 Å². The molecule has 0 aromatic carbocycles. The molecule has 3 atom stereocenters. The lowest BCUT2D eigenvalue weighted by molar-refractivity contribution is -0.125. The third-order valence-electron chi connectivity index (χ3n) is 4.94. The average molecular weight is 252 g/mol. The van der Waals surface area contributed by atoms with Crippen molar-refractivity contribution in [1.29, 1.82) is 0 Å². The Morgan fingerprint density at radius 3 is 2.89 bits per heavy atom. The summed E-state index contributed by atoms with van der Waals surface area (Å²) in [6.45, 7) is 5.03. The lowest BCUT2D eigenvalue weighted by Gasteiger charge is -2.29. The van der Waals surface area contributed by atoms with Crippen LogP contribution in [0.4, 0.5) is 0 Å². The zero-order chi connectivity index (χ0) is 12.6. The van der Waals surface area contributed by atoms with Crippen LogP contribution in [0.2, 0.25) is 0 Å². The van der Waals surface area contributed by atoms with Gasteiger partial charge in [-0.05, 0) is 57.5 Å². The fourth-order valence-electron chi connectivity index (χ4n) is 3.63. The molecule has 2 aliphatic heterocycles. The molecule has 2 saturated heterocycles. The highest BCUT2D eigenvalue weighted by atomic mass is 16.5. The molecule has 3 unspecified atom stereocenters. The van der Waals surface area contributed by atoms with Gasteiger partial charge in [-0.25, -0.2) is 0 Å². The molecule has 2 N–H and O–H groups in total. The average Bonchev–Trinajstić information content (AvgIpc) is 3.04. The quantitative estimate of drug-likeness (QED) is 0.772. The first-order chi connectivity index (χ1) is 8.70. The number of hydrogen-bond donors (Lipinski definition) is 2. The Labute approximate surface area is 109 Å². The maximum atomic E-state index is 12.3. The van der Waals surface area contributed by atoms with Crippen LogP contribution in [0, 0.1) is 11.3 Å². The van der Waals surface area contributed by atoms with E-state index in [0.717, 1.165) is 39.0 Å². The minimum Gasteiger partial charge on any atom is -0.378 e. The molecule has 4 nitrogen and oxygen atoms in total. The van der Waals surface area contributed by atoms with E-state index in [4.69, 9.17) is 4.74 Å². The third kappa shape index (κ3) is 2.41. The summed E-state index contributed by atoms with van der Waals surface area (Å²) in [5.74, 6) is 0.591. The smallest absolute Gasteiger partial charge is 0.223 e. The number of amides is 1. The first kappa shape index (κ1) is 12.4. The number of ether oxygens (including phenoxy) is 1. The van der Waals surface area contributed by atoms with Crippen molar-refractivity contribution in [2.75, 3.05) is 19.7 Å². The van der Waals surface area contributed by atoms with Gasteiger partial charge in [0.15, 0.2) is 0 Å². The summed E-state index contributed by atoms with van der Waals surface area (Å²) in [5, 5.41) is 6.62. The van der Waals surface area contributed by atoms with Crippen molar-refractivity contribution in [3.8, 4) is 0 Å². The largest absolute Gasteiger partial charge is 0.378 e. The van der Waals surface area contributed by atoms with Gasteiger partial charge < -0.3 is 15.4 Å². The van der Waals surface area contributed by atoms with E-state index < -0.39 is 0 Å². The molecule has 1 spiro atoms. The molecule has 0 bridgehead atoms. The number of rotatable bonds is 2. The highest BCUT2D eigenvalue weighted by Gasteiger charge is 2.57. The Kier molecular flexibility index (Phi) is 3.32. The van der Waals surface area contributed by atoms with Crippen molar-refractivity contribution in [2.45, 2.75) is 51.2 Å². The van der Waals surface area contributed by atoms with Gasteiger partial charge in [0.25, 0.3) is 0 Å². The van der Waals surface area contributed by atoms with E-state index >= 15 is 0 Å². The van der Waals surface area contributed by atoms with E-state index in [1.54, 1.807) is 0 Å². The number of piperidine rings is 1. The van der Waals surface area contributed by atoms with Gasteiger partial charge in [-0.15, -0.1) is 0 Å². The number of carbonyl (C=O) groups is 1. The molecule has 4 heteroatoms. The molecule has 2 heterocycles. The number of carbonyl (C=O) groups excluding carboxylic acids is 1. The van der Waals surface area contributed by atoms with E-state index in [9.17, 15) is 4.79 Å². The molecule has 3 fully saturated rings. The zero-order valence-corrected chi connectivity index (χ0v) is 11.2. The van der Waals surface area contributed by atoms with Gasteiger partial charge >= 0.3 is 0 Å². The van der Waals surface area contributed by atoms with Gasteiger partial charge in [0, 0.05) is 18.6 Å². The third-order valence-corrected chi connectivity index (χ3v) is 4.94. The lowest BCUT2D eigenvalue weighted by Crippen LogP contribution is -2.43. The van der Waals surface area contributed by atoms with Crippen molar-refractivity contribution in [2.24, 2.45) is 11.3 Å². The molecular weight excluding hydrogens is 228 g/mol. The summed E-state index contributed by atoms with van der Waals surface area (Å²) < 4.78 is 5.52. The molecule has 102 valence electrons. The second kappa shape index (κ2) is 4.82. The molecule has 0 aromatic heterocycles. The lowest BCUT2D eigenvalue weighted by atomic mass is 9.91. The standard InChI is InChI=1S/C14H24N2O2/c1-10-8-11(2-7-18-10)16-13(17)12-9-14(12)3-5-15-6-4-14/h10-12,15H,2-9H2,1H3,(H,16,17). The molecule has 0 aromatic rings. The zero-order valence-electron chi connectivity index (χ0n) is 11.2. The predicted octanol–water partition coefficient (Wildman–Crippen LogP) is 1.06. The van der Waals surface area contributed by atoms with Gasteiger partial charge in [-0.3, -0.25) is 4.79 Å². The fraction of sp³-hybridized carbons (Fsp3) is 0.929. The molecule has 0 radical (unpaired) electrons. The first-order valence-electron chi connectivity index (χ1n) is 7.32. The van der Waals surface area contributed by atoms with E-state index in [1.165, 1.54) is 12.8 Å². The van der Waals surface area contributed by atoms with Crippen LogP contribution in [0.5, 0.6) is 0 Å². The molecule has 1 aliphatic carbocycles. The van der Waals surface area contributed by atoms with Crippen molar-refractivity contribution in [3.63, 3.8) is 0 Å². The Bertz CT molecular complexity index is 326. The van der Waals surface area contributed by atoms with Crippen LogP contribution in [0.1, 0.15) is 39.0 Å². The normalized spacial score (nSPS) is 38.4. The molecule has 1 amide bonds. The topological polar surface area (TPSA) is 50.4 Å². The second-order valence-corrected chi connectivity index (χ2v) is 6.28. The Hall–Kier alpha value is -0.610. The minimum atomic E-state index is 0.288. The van der Waals surface area contributed by atoms with E-state index in [-0.39, 0.29) is 12.0 Å². The summed E-state index contributed by atoms with van der Waals surface area (Å²) in [6, 6.07) is 0.334. The van der Waals surface area contributed by atoms with E-state index in [1.807, 2.05) is 0 Å². The summed E-state index contributed by atoms with van der Waals surface area (Å²) in [5.41, 5.74) is 0.353. The fourth-order valence-corrected chi connectivity index (χ4v) is 3.63. The van der Waals surface area contributed by atoms with E-state index in [0.29, 0.717) is 17.4 Å². The van der Waals surface area contributed by atoms with Crippen LogP contribution in [-0.2, 0) is 9.53 Å². The molecule has 3 rings (SSSR count). The van der Waals surface area contributed by atoms with Crippen molar-refractivity contribution in [3.05, 3.63) is 0 Å². The van der Waals surface area contributed by atoms with Gasteiger partial charge in [0.2, 0.25) is 5.91 Å². The highest BCUT2D eigenvalue weighted by molar-refractivity contribution is 5.82. The van der Waals surface area contributed by atoms with Crippen LogP contribution in [0.15, 0.2) is 0 Å². The second-order valence-electron chi connectivity index (χ2n) is 6.28.